The monoisotopic (exact) mass is 289 g/mol. The number of carbonyl (C=O) groups is 3. The fourth-order valence-corrected chi connectivity index (χ4v) is 2.18. The Morgan fingerprint density at radius 1 is 1.00 bits per heavy atom. The second-order valence-electron chi connectivity index (χ2n) is 5.75. The normalized spacial score (nSPS) is 15.6. The summed E-state index contributed by atoms with van der Waals surface area (Å²) in [5.74, 6) is -1.75. The first kappa shape index (κ1) is 15.2. The van der Waals surface area contributed by atoms with Gasteiger partial charge in [-0.05, 0) is 12.1 Å². The summed E-state index contributed by atoms with van der Waals surface area (Å²) in [6.45, 7) is 7.04. The van der Waals surface area contributed by atoms with E-state index in [2.05, 4.69) is 0 Å². The lowest BCUT2D eigenvalue weighted by atomic mass is 10.1. The fourth-order valence-electron chi connectivity index (χ4n) is 2.18. The number of rotatable bonds is 4. The number of imide groups is 1. The molecule has 0 bridgehead atoms. The van der Waals surface area contributed by atoms with Gasteiger partial charge in [-0.25, -0.2) is 4.90 Å². The Morgan fingerprint density at radius 3 is 1.86 bits per heavy atom. The van der Waals surface area contributed by atoms with Gasteiger partial charge in [-0.1, -0.05) is 39.8 Å². The fraction of sp³-hybridized carbons (Fsp3) is 0.438. The van der Waals surface area contributed by atoms with E-state index in [-0.39, 0.29) is 11.8 Å². The van der Waals surface area contributed by atoms with Gasteiger partial charge in [0.2, 0.25) is 0 Å². The van der Waals surface area contributed by atoms with Gasteiger partial charge in [0.15, 0.2) is 6.23 Å². The molecule has 1 aliphatic rings. The predicted molar refractivity (Wildman–Crippen MR) is 76.5 cm³/mol. The van der Waals surface area contributed by atoms with Crippen LogP contribution in [0.2, 0.25) is 0 Å². The highest BCUT2D eigenvalue weighted by atomic mass is 16.6. The van der Waals surface area contributed by atoms with Crippen LogP contribution in [0, 0.1) is 11.8 Å². The maximum absolute atomic E-state index is 12.4. The van der Waals surface area contributed by atoms with E-state index in [1.54, 1.807) is 38.1 Å². The lowest BCUT2D eigenvalue weighted by Crippen LogP contribution is -2.46. The maximum atomic E-state index is 12.4. The highest BCUT2D eigenvalue weighted by Crippen LogP contribution is 2.27. The Kier molecular flexibility index (Phi) is 4.11. The average Bonchev–Trinajstić information content (AvgIpc) is 2.68. The van der Waals surface area contributed by atoms with E-state index in [1.807, 2.05) is 13.8 Å². The highest BCUT2D eigenvalue weighted by molar-refractivity contribution is 6.21. The number of nitrogens with zero attached hydrogens (tertiary/aromatic N) is 1. The Balaban J connectivity index is 2.33. The predicted octanol–water partition coefficient (Wildman–Crippen LogP) is 2.46. The zero-order chi connectivity index (χ0) is 15.7. The molecule has 1 aliphatic heterocycles. The number of hydrogen-bond donors (Lipinski definition) is 0. The molecule has 0 saturated carbocycles. The van der Waals surface area contributed by atoms with Gasteiger partial charge in [0.25, 0.3) is 11.8 Å². The minimum atomic E-state index is -0.882. The molecule has 5 nitrogen and oxygen atoms in total. The van der Waals surface area contributed by atoms with Gasteiger partial charge >= 0.3 is 5.97 Å². The molecule has 0 radical (unpaired) electrons. The number of fused-ring (bicyclic) bond motifs is 1. The number of amides is 2. The van der Waals surface area contributed by atoms with Crippen LogP contribution in [0.5, 0.6) is 0 Å². The second kappa shape index (κ2) is 5.68. The van der Waals surface area contributed by atoms with Crippen LogP contribution < -0.4 is 0 Å². The number of ether oxygens (including phenoxy) is 1. The minimum absolute atomic E-state index is 0.185. The Bertz CT molecular complexity index is 557. The Morgan fingerprint density at radius 2 is 1.48 bits per heavy atom. The Labute approximate surface area is 123 Å². The summed E-state index contributed by atoms with van der Waals surface area (Å²) >= 11 is 0. The number of benzene rings is 1. The summed E-state index contributed by atoms with van der Waals surface area (Å²) in [4.78, 5) is 37.7. The molecule has 0 saturated heterocycles. The summed E-state index contributed by atoms with van der Waals surface area (Å²) in [5, 5.41) is 0. The average molecular weight is 289 g/mol. The molecule has 2 rings (SSSR count). The molecule has 0 N–H and O–H groups in total. The smallest absolute Gasteiger partial charge is 0.310 e. The lowest BCUT2D eigenvalue weighted by Gasteiger charge is -2.29. The van der Waals surface area contributed by atoms with Crippen molar-refractivity contribution in [2.24, 2.45) is 11.8 Å². The second-order valence-corrected chi connectivity index (χ2v) is 5.75. The van der Waals surface area contributed by atoms with Crippen molar-refractivity contribution in [1.82, 2.24) is 4.90 Å². The van der Waals surface area contributed by atoms with Crippen LogP contribution in [0.1, 0.15) is 48.4 Å². The SMILES string of the molecule is CC(C)C(=O)OC(C(C)C)N1C(=O)c2ccccc2C1=O. The van der Waals surface area contributed by atoms with Crippen LogP contribution in [-0.4, -0.2) is 28.9 Å². The molecule has 0 spiro atoms. The van der Waals surface area contributed by atoms with Crippen molar-refractivity contribution in [2.45, 2.75) is 33.9 Å². The summed E-state index contributed by atoms with van der Waals surface area (Å²) in [6.07, 6.45) is -0.882. The van der Waals surface area contributed by atoms with Crippen LogP contribution >= 0.6 is 0 Å². The van der Waals surface area contributed by atoms with Gasteiger partial charge in [0, 0.05) is 5.92 Å². The molecule has 1 aromatic carbocycles. The summed E-state index contributed by atoms with van der Waals surface area (Å²) < 4.78 is 5.37. The van der Waals surface area contributed by atoms with Gasteiger partial charge in [0.1, 0.15) is 0 Å². The van der Waals surface area contributed by atoms with Crippen molar-refractivity contribution < 1.29 is 19.1 Å². The van der Waals surface area contributed by atoms with Crippen LogP contribution in [-0.2, 0) is 9.53 Å². The van der Waals surface area contributed by atoms with E-state index in [4.69, 9.17) is 4.74 Å². The molecule has 1 aromatic rings. The van der Waals surface area contributed by atoms with Crippen molar-refractivity contribution in [2.75, 3.05) is 0 Å². The first-order chi connectivity index (χ1) is 9.84. The first-order valence-corrected chi connectivity index (χ1v) is 7.02. The summed E-state index contributed by atoms with van der Waals surface area (Å²) in [6, 6.07) is 6.63. The van der Waals surface area contributed by atoms with Crippen molar-refractivity contribution in [1.29, 1.82) is 0 Å². The van der Waals surface area contributed by atoms with E-state index in [0.717, 1.165) is 4.90 Å². The molecule has 2 amide bonds. The first-order valence-electron chi connectivity index (χ1n) is 7.02. The molecule has 1 atom stereocenters. The highest BCUT2D eigenvalue weighted by Gasteiger charge is 2.42. The molecule has 0 aromatic heterocycles. The van der Waals surface area contributed by atoms with Crippen LogP contribution in [0.25, 0.3) is 0 Å². The molecule has 1 heterocycles. The third kappa shape index (κ3) is 2.68. The maximum Gasteiger partial charge on any atom is 0.310 e. The minimum Gasteiger partial charge on any atom is -0.440 e. The van der Waals surface area contributed by atoms with E-state index in [1.165, 1.54) is 0 Å². The van der Waals surface area contributed by atoms with E-state index >= 15 is 0 Å². The molecular weight excluding hydrogens is 270 g/mol. The van der Waals surface area contributed by atoms with Crippen LogP contribution in [0.15, 0.2) is 24.3 Å². The van der Waals surface area contributed by atoms with Crippen molar-refractivity contribution in [3.05, 3.63) is 35.4 Å². The molecule has 0 aliphatic carbocycles. The molecule has 1 unspecified atom stereocenters. The van der Waals surface area contributed by atoms with Crippen LogP contribution in [0.3, 0.4) is 0 Å². The molecule has 5 heteroatoms. The van der Waals surface area contributed by atoms with Crippen molar-refractivity contribution >= 4 is 17.8 Å². The number of carbonyl (C=O) groups excluding carboxylic acids is 3. The Hall–Kier alpha value is -2.17. The zero-order valence-electron chi connectivity index (χ0n) is 12.6. The summed E-state index contributed by atoms with van der Waals surface area (Å²) in [7, 11) is 0. The molecule has 21 heavy (non-hydrogen) atoms. The van der Waals surface area contributed by atoms with Gasteiger partial charge in [0.05, 0.1) is 17.0 Å². The van der Waals surface area contributed by atoms with Gasteiger partial charge in [-0.15, -0.1) is 0 Å². The standard InChI is InChI=1S/C16H19NO4/c1-9(2)15(21-16(20)10(3)4)17-13(18)11-7-5-6-8-12(11)14(17)19/h5-10,15H,1-4H3. The van der Waals surface area contributed by atoms with Gasteiger partial charge < -0.3 is 4.74 Å². The zero-order valence-corrected chi connectivity index (χ0v) is 12.6. The molecule has 112 valence electrons. The number of esters is 1. The lowest BCUT2D eigenvalue weighted by molar-refractivity contribution is -0.162. The topological polar surface area (TPSA) is 63.7 Å². The van der Waals surface area contributed by atoms with E-state index < -0.39 is 24.0 Å². The molecule has 0 fully saturated rings. The van der Waals surface area contributed by atoms with Crippen molar-refractivity contribution in [3.8, 4) is 0 Å². The molecular formula is C16H19NO4. The third-order valence-electron chi connectivity index (χ3n) is 3.36. The third-order valence-corrected chi connectivity index (χ3v) is 3.36. The quantitative estimate of drug-likeness (QED) is 0.631. The summed E-state index contributed by atoms with van der Waals surface area (Å²) in [5.41, 5.74) is 0.711. The largest absolute Gasteiger partial charge is 0.440 e. The van der Waals surface area contributed by atoms with Crippen LogP contribution in [0.4, 0.5) is 0 Å². The van der Waals surface area contributed by atoms with Gasteiger partial charge in [-0.3, -0.25) is 14.4 Å². The van der Waals surface area contributed by atoms with E-state index in [9.17, 15) is 14.4 Å². The van der Waals surface area contributed by atoms with Gasteiger partial charge in [-0.2, -0.15) is 0 Å². The number of hydrogen-bond acceptors (Lipinski definition) is 4. The van der Waals surface area contributed by atoms with Crippen molar-refractivity contribution in [3.63, 3.8) is 0 Å². The van der Waals surface area contributed by atoms with E-state index in [0.29, 0.717) is 11.1 Å².